The van der Waals surface area contributed by atoms with Crippen molar-refractivity contribution in [3.05, 3.63) is 68.5 Å². The van der Waals surface area contributed by atoms with E-state index in [4.69, 9.17) is 5.73 Å². The van der Waals surface area contributed by atoms with Crippen molar-refractivity contribution in [3.8, 4) is 0 Å². The lowest BCUT2D eigenvalue weighted by molar-refractivity contribution is 0.0786. The number of H-pyrrole nitrogens is 1. The number of hydrogen-bond acceptors (Lipinski definition) is 4. The van der Waals surface area contributed by atoms with E-state index in [0.29, 0.717) is 13.1 Å². The number of carbonyl (C=O) groups is 1. The van der Waals surface area contributed by atoms with Crippen molar-refractivity contribution in [2.24, 2.45) is 12.8 Å². The number of rotatable bonds is 2. The van der Waals surface area contributed by atoms with Gasteiger partial charge in [0.1, 0.15) is 5.56 Å². The summed E-state index contributed by atoms with van der Waals surface area (Å²) in [6.45, 7) is 0.826. The van der Waals surface area contributed by atoms with Gasteiger partial charge < -0.3 is 15.2 Å². The number of aromatic nitrogens is 2. The molecule has 7 heteroatoms. The number of carbonyl (C=O) groups excluding carboxylic acids is 1. The van der Waals surface area contributed by atoms with E-state index >= 15 is 0 Å². The molecule has 1 aliphatic rings. The summed E-state index contributed by atoms with van der Waals surface area (Å²) in [6, 6.07) is 9.58. The Hall–Kier alpha value is -2.67. The molecular weight excluding hydrogens is 296 g/mol. The summed E-state index contributed by atoms with van der Waals surface area (Å²) >= 11 is 0. The Balaban J connectivity index is 1.86. The minimum absolute atomic E-state index is 0.0340. The molecular formula is C16H18N4O3. The maximum absolute atomic E-state index is 12.6. The van der Waals surface area contributed by atoms with Gasteiger partial charge in [0.2, 0.25) is 0 Å². The maximum atomic E-state index is 12.6. The van der Waals surface area contributed by atoms with E-state index in [2.05, 4.69) is 4.98 Å². The van der Waals surface area contributed by atoms with Crippen molar-refractivity contribution in [3.63, 3.8) is 0 Å². The highest BCUT2D eigenvalue weighted by Crippen LogP contribution is 2.26. The number of hydrogen-bond donors (Lipinski definition) is 2. The second-order valence-corrected chi connectivity index (χ2v) is 5.80. The lowest BCUT2D eigenvalue weighted by Crippen LogP contribution is -2.38. The van der Waals surface area contributed by atoms with Crippen molar-refractivity contribution in [1.29, 1.82) is 0 Å². The van der Waals surface area contributed by atoms with Crippen molar-refractivity contribution in [2.75, 3.05) is 13.1 Å². The van der Waals surface area contributed by atoms with Crippen molar-refractivity contribution < 1.29 is 4.79 Å². The second-order valence-electron chi connectivity index (χ2n) is 5.80. The number of benzene rings is 1. The summed E-state index contributed by atoms with van der Waals surface area (Å²) in [5, 5.41) is 0. The van der Waals surface area contributed by atoms with E-state index in [1.165, 1.54) is 17.8 Å². The molecule has 3 rings (SSSR count). The zero-order valence-corrected chi connectivity index (χ0v) is 12.7. The Morgan fingerprint density at radius 2 is 1.91 bits per heavy atom. The number of likely N-dealkylation sites (tertiary alicyclic amines) is 1. The van der Waals surface area contributed by atoms with Gasteiger partial charge in [-0.15, -0.1) is 0 Å². The normalized spacial score (nSPS) is 20.7. The highest BCUT2D eigenvalue weighted by atomic mass is 16.2. The topological polar surface area (TPSA) is 101 Å². The molecule has 0 saturated carbocycles. The molecule has 0 unspecified atom stereocenters. The van der Waals surface area contributed by atoms with Gasteiger partial charge in [-0.05, 0) is 5.56 Å². The number of aryl methyl sites for hydroxylation is 1. The summed E-state index contributed by atoms with van der Waals surface area (Å²) in [7, 11) is 1.48. The predicted molar refractivity (Wildman–Crippen MR) is 85.4 cm³/mol. The minimum Gasteiger partial charge on any atom is -0.336 e. The first-order valence-corrected chi connectivity index (χ1v) is 7.37. The van der Waals surface area contributed by atoms with Gasteiger partial charge in [-0.3, -0.25) is 14.6 Å². The minimum atomic E-state index is -0.671. The molecule has 0 aliphatic carbocycles. The van der Waals surface area contributed by atoms with E-state index in [9.17, 15) is 14.4 Å². The fourth-order valence-corrected chi connectivity index (χ4v) is 2.93. The fourth-order valence-electron chi connectivity index (χ4n) is 2.93. The third kappa shape index (κ3) is 2.83. The molecule has 2 aromatic rings. The van der Waals surface area contributed by atoms with Crippen LogP contribution in [0, 0.1) is 0 Å². The fraction of sp³-hybridized carbons (Fsp3) is 0.312. The van der Waals surface area contributed by atoms with Crippen molar-refractivity contribution in [1.82, 2.24) is 14.5 Å². The van der Waals surface area contributed by atoms with Crippen LogP contribution in [0.4, 0.5) is 0 Å². The van der Waals surface area contributed by atoms with Gasteiger partial charge in [-0.2, -0.15) is 0 Å². The molecule has 1 aliphatic heterocycles. The van der Waals surface area contributed by atoms with Crippen molar-refractivity contribution >= 4 is 5.91 Å². The lowest BCUT2D eigenvalue weighted by Gasteiger charge is -2.16. The molecule has 3 N–H and O–H groups in total. The van der Waals surface area contributed by atoms with Gasteiger partial charge in [-0.1, -0.05) is 30.3 Å². The highest BCUT2D eigenvalue weighted by molar-refractivity contribution is 5.93. The Labute approximate surface area is 132 Å². The van der Waals surface area contributed by atoms with Crippen LogP contribution >= 0.6 is 0 Å². The standard InChI is InChI=1S/C16H18N4O3/c1-19-7-12(14(21)18-16(19)23)15(22)20-8-11(13(17)9-20)10-5-3-2-4-6-10/h2-7,11,13H,8-9,17H2,1H3,(H,18,21,23)/t11-,13+/m0/s1. The summed E-state index contributed by atoms with van der Waals surface area (Å²) in [6.07, 6.45) is 1.27. The average molecular weight is 314 g/mol. The van der Waals surface area contributed by atoms with Crippen LogP contribution in [0.5, 0.6) is 0 Å². The zero-order valence-electron chi connectivity index (χ0n) is 12.7. The first-order valence-electron chi connectivity index (χ1n) is 7.37. The van der Waals surface area contributed by atoms with Gasteiger partial charge >= 0.3 is 5.69 Å². The molecule has 7 nitrogen and oxygen atoms in total. The Bertz CT molecular complexity index is 840. The highest BCUT2D eigenvalue weighted by Gasteiger charge is 2.35. The zero-order chi connectivity index (χ0) is 16.6. The van der Waals surface area contributed by atoms with Gasteiger partial charge in [0, 0.05) is 38.3 Å². The van der Waals surface area contributed by atoms with Crippen LogP contribution in [0.3, 0.4) is 0 Å². The maximum Gasteiger partial charge on any atom is 0.328 e. The van der Waals surface area contributed by atoms with Gasteiger partial charge in [0.25, 0.3) is 11.5 Å². The number of nitrogens with zero attached hydrogens (tertiary/aromatic N) is 2. The average Bonchev–Trinajstić information content (AvgIpc) is 2.93. The van der Waals surface area contributed by atoms with Crippen molar-refractivity contribution in [2.45, 2.75) is 12.0 Å². The molecule has 1 amide bonds. The third-order valence-electron chi connectivity index (χ3n) is 4.22. The first-order chi connectivity index (χ1) is 11.0. The molecule has 0 radical (unpaired) electrons. The molecule has 0 bridgehead atoms. The van der Waals surface area contributed by atoms with Gasteiger partial charge in [-0.25, -0.2) is 4.79 Å². The Kier molecular flexibility index (Phi) is 3.87. The summed E-state index contributed by atoms with van der Waals surface area (Å²) in [5.74, 6) is -0.373. The van der Waals surface area contributed by atoms with Crippen LogP contribution in [0.25, 0.3) is 0 Å². The third-order valence-corrected chi connectivity index (χ3v) is 4.22. The van der Waals surface area contributed by atoms with Gasteiger partial charge in [0.15, 0.2) is 0 Å². The largest absolute Gasteiger partial charge is 0.336 e. The van der Waals surface area contributed by atoms with Crippen LogP contribution in [0.2, 0.25) is 0 Å². The molecule has 2 atom stereocenters. The quantitative estimate of drug-likeness (QED) is 0.790. The monoisotopic (exact) mass is 314 g/mol. The molecule has 0 spiro atoms. The summed E-state index contributed by atoms with van der Waals surface area (Å²) in [4.78, 5) is 39.6. The SMILES string of the molecule is Cn1cc(C(=O)N2C[C@@H](N)[C@H](c3ccccc3)C2)c(=O)[nH]c1=O. The van der Waals surface area contributed by atoms with Crippen LogP contribution in [0.1, 0.15) is 21.8 Å². The first kappa shape index (κ1) is 15.2. The van der Waals surface area contributed by atoms with Crippen LogP contribution in [-0.4, -0.2) is 39.5 Å². The van der Waals surface area contributed by atoms with E-state index in [-0.39, 0.29) is 17.5 Å². The van der Waals surface area contributed by atoms with Gasteiger partial charge in [0.05, 0.1) is 0 Å². The molecule has 1 aromatic heterocycles. The number of aromatic amines is 1. The molecule has 1 fully saturated rings. The number of nitrogens with one attached hydrogen (secondary N) is 1. The number of amides is 1. The number of nitrogens with two attached hydrogens (primary N) is 1. The second kappa shape index (κ2) is 5.85. The van der Waals surface area contributed by atoms with Crippen LogP contribution < -0.4 is 17.0 Å². The summed E-state index contributed by atoms with van der Waals surface area (Å²) in [5.41, 5.74) is 5.98. The molecule has 23 heavy (non-hydrogen) atoms. The van der Waals surface area contributed by atoms with E-state index in [0.717, 1.165) is 5.56 Å². The predicted octanol–water partition coefficient (Wildman–Crippen LogP) is -0.359. The smallest absolute Gasteiger partial charge is 0.328 e. The van der Waals surface area contributed by atoms with E-state index < -0.39 is 17.2 Å². The Morgan fingerprint density at radius 1 is 1.22 bits per heavy atom. The molecule has 120 valence electrons. The summed E-state index contributed by atoms with van der Waals surface area (Å²) < 4.78 is 1.18. The Morgan fingerprint density at radius 3 is 2.61 bits per heavy atom. The molecule has 2 heterocycles. The van der Waals surface area contributed by atoms with Crippen LogP contribution in [0.15, 0.2) is 46.1 Å². The molecule has 1 saturated heterocycles. The van der Waals surface area contributed by atoms with E-state index in [1.807, 2.05) is 30.3 Å². The molecule has 1 aromatic carbocycles. The van der Waals surface area contributed by atoms with E-state index in [1.54, 1.807) is 4.90 Å². The lowest BCUT2D eigenvalue weighted by atomic mass is 9.95. The van der Waals surface area contributed by atoms with Crippen LogP contribution in [-0.2, 0) is 7.05 Å².